The van der Waals surface area contributed by atoms with Crippen molar-refractivity contribution < 1.29 is 32.9 Å². The molecule has 5 rings (SSSR count). The summed E-state index contributed by atoms with van der Waals surface area (Å²) in [5, 5.41) is 0. The smallest absolute Gasteiger partial charge is 0.381 e. The lowest BCUT2D eigenvalue weighted by Gasteiger charge is -2.21. The average Bonchev–Trinajstić information content (AvgIpc) is 3.38. The van der Waals surface area contributed by atoms with Crippen molar-refractivity contribution in [1.29, 1.82) is 0 Å². The topological polar surface area (TPSA) is 112 Å². The Hall–Kier alpha value is -4.38. The minimum Gasteiger partial charge on any atom is -0.493 e. The van der Waals surface area contributed by atoms with Gasteiger partial charge in [0.1, 0.15) is 11.6 Å². The van der Waals surface area contributed by atoms with Gasteiger partial charge in [0.05, 0.1) is 36.7 Å². The van der Waals surface area contributed by atoms with Crippen LogP contribution < -0.4 is 14.2 Å². The van der Waals surface area contributed by atoms with E-state index in [1.165, 1.54) is 37.4 Å². The number of esters is 1. The highest BCUT2D eigenvalue weighted by Gasteiger charge is 2.33. The van der Waals surface area contributed by atoms with Crippen molar-refractivity contribution in [3.8, 4) is 28.6 Å². The Labute approximate surface area is 230 Å². The molecule has 2 aliphatic rings. The summed E-state index contributed by atoms with van der Waals surface area (Å²) < 4.78 is 36.0. The predicted octanol–water partition coefficient (Wildman–Crippen LogP) is 4.66. The van der Waals surface area contributed by atoms with Gasteiger partial charge in [0.15, 0.2) is 11.5 Å². The predicted molar refractivity (Wildman–Crippen MR) is 144 cm³/mol. The number of hydrogen-bond donors (Lipinski definition) is 0. The highest BCUT2D eigenvalue weighted by molar-refractivity contribution is 6.03. The first kappa shape index (κ1) is 27.2. The number of methoxy groups -OCH3 is 1. The first-order chi connectivity index (χ1) is 19.4. The first-order valence-corrected chi connectivity index (χ1v) is 13.0. The third-order valence-corrected chi connectivity index (χ3v) is 6.52. The molecule has 2 aliphatic heterocycles. The maximum absolute atomic E-state index is 13.4. The second-order valence-electron chi connectivity index (χ2n) is 9.39. The number of aryl methyl sites for hydroxylation is 1. The van der Waals surface area contributed by atoms with E-state index >= 15 is 0 Å². The summed E-state index contributed by atoms with van der Waals surface area (Å²) in [4.78, 5) is 41.4. The fourth-order valence-corrected chi connectivity index (χ4v) is 4.60. The molecule has 2 unspecified atom stereocenters. The highest BCUT2D eigenvalue weighted by Crippen LogP contribution is 2.38. The van der Waals surface area contributed by atoms with E-state index in [4.69, 9.17) is 18.9 Å². The molecule has 1 fully saturated rings. The van der Waals surface area contributed by atoms with Gasteiger partial charge in [-0.2, -0.15) is 4.98 Å². The number of hydrogen-bond acceptors (Lipinski definition) is 9. The number of aromatic nitrogens is 2. The fraction of sp³-hybridized carbons (Fsp3) is 0.345. The molecule has 1 aromatic heterocycles. The molecule has 11 heteroatoms. The summed E-state index contributed by atoms with van der Waals surface area (Å²) >= 11 is 0. The maximum atomic E-state index is 13.4. The van der Waals surface area contributed by atoms with Crippen LogP contribution in [0, 0.1) is 12.7 Å². The van der Waals surface area contributed by atoms with Crippen LogP contribution in [0.1, 0.15) is 42.4 Å². The summed E-state index contributed by atoms with van der Waals surface area (Å²) in [5.41, 5.74) is 1.89. The minimum atomic E-state index is -1.46. The molecule has 10 nitrogen and oxygen atoms in total. The van der Waals surface area contributed by atoms with E-state index in [0.29, 0.717) is 41.3 Å². The first-order valence-electron chi connectivity index (χ1n) is 13.0. The Balaban J connectivity index is 1.40. The molecule has 0 saturated carbocycles. The van der Waals surface area contributed by atoms with Crippen LogP contribution in [0.2, 0.25) is 0 Å². The number of nitrogens with zero attached hydrogens (tertiary/aromatic N) is 4. The van der Waals surface area contributed by atoms with E-state index in [0.717, 1.165) is 12.8 Å². The highest BCUT2D eigenvalue weighted by atomic mass is 19.1. The van der Waals surface area contributed by atoms with E-state index in [2.05, 4.69) is 15.0 Å². The zero-order chi connectivity index (χ0) is 28.2. The maximum Gasteiger partial charge on any atom is 0.381 e. The molecule has 0 N–H and O–H groups in total. The third kappa shape index (κ3) is 5.79. The van der Waals surface area contributed by atoms with Crippen LogP contribution in [0.25, 0.3) is 11.3 Å². The Kier molecular flexibility index (Phi) is 8.01. The number of rotatable bonds is 9. The van der Waals surface area contributed by atoms with Crippen LogP contribution in [0.5, 0.6) is 17.4 Å². The number of fused-ring (bicyclic) bond motifs is 2. The van der Waals surface area contributed by atoms with E-state index in [1.807, 2.05) is 6.92 Å². The second kappa shape index (κ2) is 11.8. The van der Waals surface area contributed by atoms with Crippen LogP contribution in [-0.2, 0) is 9.53 Å². The van der Waals surface area contributed by atoms with Crippen molar-refractivity contribution in [3.63, 3.8) is 0 Å². The Bertz CT molecular complexity index is 1450. The van der Waals surface area contributed by atoms with Crippen molar-refractivity contribution in [3.05, 3.63) is 59.7 Å². The molecule has 0 radical (unpaired) electrons. The van der Waals surface area contributed by atoms with Crippen molar-refractivity contribution in [2.75, 3.05) is 20.3 Å². The van der Waals surface area contributed by atoms with E-state index in [-0.39, 0.29) is 41.8 Å². The zero-order valence-corrected chi connectivity index (χ0v) is 22.4. The third-order valence-electron chi connectivity index (χ3n) is 6.52. The van der Waals surface area contributed by atoms with Gasteiger partial charge in [-0.3, -0.25) is 9.79 Å². The molecule has 0 bridgehead atoms. The van der Waals surface area contributed by atoms with Crippen LogP contribution in [-0.4, -0.2) is 65.6 Å². The van der Waals surface area contributed by atoms with Gasteiger partial charge in [0.2, 0.25) is 5.88 Å². The summed E-state index contributed by atoms with van der Waals surface area (Å²) in [7, 11) is 1.42. The fourth-order valence-electron chi connectivity index (χ4n) is 4.60. The zero-order valence-electron chi connectivity index (χ0n) is 22.4. The Morgan fingerprint density at radius 1 is 1.15 bits per heavy atom. The van der Waals surface area contributed by atoms with Crippen LogP contribution in [0.3, 0.4) is 0 Å². The molecule has 208 valence electrons. The molecule has 0 spiro atoms. The van der Waals surface area contributed by atoms with E-state index in [9.17, 15) is 14.0 Å². The van der Waals surface area contributed by atoms with Crippen molar-refractivity contribution in [1.82, 2.24) is 14.9 Å². The summed E-state index contributed by atoms with van der Waals surface area (Å²) in [6, 6.07) is 10.3. The number of aliphatic imine (C=N–C) groups is 1. The molecule has 1 saturated heterocycles. The monoisotopic (exact) mass is 548 g/mol. The van der Waals surface area contributed by atoms with Gasteiger partial charge in [0, 0.05) is 30.5 Å². The van der Waals surface area contributed by atoms with Gasteiger partial charge in [0.25, 0.3) is 5.91 Å². The van der Waals surface area contributed by atoms with Crippen LogP contribution >= 0.6 is 0 Å². The van der Waals surface area contributed by atoms with Crippen molar-refractivity contribution in [2.45, 2.75) is 45.4 Å². The lowest BCUT2D eigenvalue weighted by atomic mass is 10.1. The van der Waals surface area contributed by atoms with Crippen molar-refractivity contribution >= 4 is 23.8 Å². The van der Waals surface area contributed by atoms with E-state index in [1.54, 1.807) is 30.2 Å². The lowest BCUT2D eigenvalue weighted by Crippen LogP contribution is -2.35. The lowest BCUT2D eigenvalue weighted by molar-refractivity contribution is -0.168. The second-order valence-corrected chi connectivity index (χ2v) is 9.39. The minimum absolute atomic E-state index is 0.0618. The van der Waals surface area contributed by atoms with Gasteiger partial charge in [-0.05, 0) is 56.5 Å². The number of ether oxygens (including phenoxy) is 4. The molecule has 1 amide bonds. The quantitative estimate of drug-likeness (QED) is 0.216. The number of halogens is 1. The molecule has 2 atom stereocenters. The van der Waals surface area contributed by atoms with Gasteiger partial charge in [-0.1, -0.05) is 6.92 Å². The van der Waals surface area contributed by atoms with Gasteiger partial charge in [-0.25, -0.2) is 14.2 Å². The van der Waals surface area contributed by atoms with Crippen molar-refractivity contribution in [2.24, 2.45) is 4.99 Å². The Morgan fingerprint density at radius 3 is 2.70 bits per heavy atom. The standard InChI is InChI=1S/C29H29FN4O6/c1-4-12-38-29(40-26-15-22(32-17(2)33-26)18-7-9-19(30)10-8-18)28(36)39-25-14-23-21(13-24(25)37-3)27(35)34-11-5-6-20(34)16-31-23/h7-10,13-16,20,29H,4-6,11-12H2,1-3H3. The number of carbonyl (C=O) groups excluding carboxylic acids is 2. The normalized spacial score (nSPS) is 16.6. The van der Waals surface area contributed by atoms with Gasteiger partial charge < -0.3 is 23.8 Å². The number of benzene rings is 2. The molecular weight excluding hydrogens is 519 g/mol. The summed E-state index contributed by atoms with van der Waals surface area (Å²) in [6.07, 6.45) is 2.67. The summed E-state index contributed by atoms with van der Waals surface area (Å²) in [6.45, 7) is 4.44. The average molecular weight is 549 g/mol. The van der Waals surface area contributed by atoms with Crippen LogP contribution in [0.15, 0.2) is 47.5 Å². The SMILES string of the molecule is CCCOC(Oc1cc(-c2ccc(F)cc2)nc(C)n1)C(=O)Oc1cc2c(cc1OC)C(=O)N1CCCC1C=N2. The molecule has 0 aliphatic carbocycles. The molecule has 3 heterocycles. The van der Waals surface area contributed by atoms with E-state index < -0.39 is 12.3 Å². The summed E-state index contributed by atoms with van der Waals surface area (Å²) in [5.74, 6) is -0.641. The molecule has 3 aromatic rings. The number of amides is 1. The largest absolute Gasteiger partial charge is 0.493 e. The molecular formula is C29H29FN4O6. The van der Waals surface area contributed by atoms with Crippen LogP contribution in [0.4, 0.5) is 10.1 Å². The Morgan fingerprint density at radius 2 is 1.95 bits per heavy atom. The van der Waals surface area contributed by atoms with Gasteiger partial charge in [-0.15, -0.1) is 0 Å². The molecule has 2 aromatic carbocycles. The number of carbonyl (C=O) groups is 2. The molecule has 40 heavy (non-hydrogen) atoms. The van der Waals surface area contributed by atoms with Gasteiger partial charge >= 0.3 is 12.3 Å².